The summed E-state index contributed by atoms with van der Waals surface area (Å²) in [4.78, 5) is 16.3. The van der Waals surface area contributed by atoms with E-state index in [1.165, 1.54) is 0 Å². The van der Waals surface area contributed by atoms with Crippen molar-refractivity contribution in [3.63, 3.8) is 0 Å². The van der Waals surface area contributed by atoms with Crippen LogP contribution < -0.4 is 5.32 Å². The number of nitrogens with one attached hydrogen (secondary N) is 1. The van der Waals surface area contributed by atoms with Gasteiger partial charge in [0.1, 0.15) is 0 Å². The van der Waals surface area contributed by atoms with Crippen molar-refractivity contribution in [2.24, 2.45) is 5.92 Å². The average Bonchev–Trinajstić information content (AvgIpc) is 2.54. The van der Waals surface area contributed by atoms with Crippen LogP contribution in [-0.4, -0.2) is 73.7 Å². The van der Waals surface area contributed by atoms with Crippen molar-refractivity contribution < 1.29 is 9.90 Å². The molecule has 0 bridgehead atoms. The Balaban J connectivity index is 2.42. The summed E-state index contributed by atoms with van der Waals surface area (Å²) in [6.07, 6.45) is 0.998. The summed E-state index contributed by atoms with van der Waals surface area (Å²) in [7, 11) is 1.87. The van der Waals surface area contributed by atoms with E-state index >= 15 is 0 Å². The minimum Gasteiger partial charge on any atom is -0.395 e. The second-order valence-corrected chi connectivity index (χ2v) is 4.70. The first-order chi connectivity index (χ1) is 8.19. The first kappa shape index (κ1) is 14.4. The quantitative estimate of drug-likeness (QED) is 0.675. The molecule has 1 amide bonds. The second kappa shape index (κ2) is 7.63. The standard InChI is InChI=1S/C12H25N3O2/c1-11(10-13-2)12(17)15-5-3-4-14(6-7-15)8-9-16/h11,13,16H,3-10H2,1-2H3. The summed E-state index contributed by atoms with van der Waals surface area (Å²) in [6, 6.07) is 0. The minimum absolute atomic E-state index is 0.0457. The number of aliphatic hydroxyl groups excluding tert-OH is 1. The Morgan fingerprint density at radius 1 is 1.35 bits per heavy atom. The zero-order chi connectivity index (χ0) is 12.7. The molecule has 1 rings (SSSR count). The van der Waals surface area contributed by atoms with Crippen LogP contribution in [-0.2, 0) is 4.79 Å². The number of amides is 1. The first-order valence-corrected chi connectivity index (χ1v) is 6.45. The molecule has 1 fully saturated rings. The molecule has 0 aromatic heterocycles. The van der Waals surface area contributed by atoms with Crippen molar-refractivity contribution in [2.45, 2.75) is 13.3 Å². The van der Waals surface area contributed by atoms with Crippen LogP contribution in [0.15, 0.2) is 0 Å². The van der Waals surface area contributed by atoms with Crippen LogP contribution in [0.1, 0.15) is 13.3 Å². The van der Waals surface area contributed by atoms with E-state index in [2.05, 4.69) is 10.2 Å². The number of aliphatic hydroxyl groups is 1. The van der Waals surface area contributed by atoms with Crippen LogP contribution in [0, 0.1) is 5.92 Å². The molecular formula is C12H25N3O2. The van der Waals surface area contributed by atoms with Crippen LogP contribution in [0.4, 0.5) is 0 Å². The van der Waals surface area contributed by atoms with E-state index in [-0.39, 0.29) is 18.4 Å². The van der Waals surface area contributed by atoms with Gasteiger partial charge in [0, 0.05) is 38.6 Å². The maximum Gasteiger partial charge on any atom is 0.226 e. The fraction of sp³-hybridized carbons (Fsp3) is 0.917. The molecule has 1 saturated heterocycles. The normalized spacial score (nSPS) is 20.1. The lowest BCUT2D eigenvalue weighted by Gasteiger charge is -2.24. The van der Waals surface area contributed by atoms with Crippen molar-refractivity contribution >= 4 is 5.91 Å². The molecule has 1 unspecified atom stereocenters. The third-order valence-electron chi connectivity index (χ3n) is 3.25. The van der Waals surface area contributed by atoms with Crippen molar-refractivity contribution in [1.82, 2.24) is 15.1 Å². The second-order valence-electron chi connectivity index (χ2n) is 4.70. The highest BCUT2D eigenvalue weighted by Crippen LogP contribution is 2.07. The lowest BCUT2D eigenvalue weighted by atomic mass is 10.1. The molecule has 5 nitrogen and oxygen atoms in total. The van der Waals surface area contributed by atoms with Gasteiger partial charge >= 0.3 is 0 Å². The highest BCUT2D eigenvalue weighted by molar-refractivity contribution is 5.78. The van der Waals surface area contributed by atoms with Gasteiger partial charge in [-0.3, -0.25) is 9.69 Å². The minimum atomic E-state index is 0.0457. The average molecular weight is 243 g/mol. The molecule has 0 spiro atoms. The van der Waals surface area contributed by atoms with Crippen LogP contribution in [0.5, 0.6) is 0 Å². The summed E-state index contributed by atoms with van der Waals surface area (Å²) in [5.74, 6) is 0.287. The Morgan fingerprint density at radius 2 is 2.12 bits per heavy atom. The molecular weight excluding hydrogens is 218 g/mol. The summed E-state index contributed by atoms with van der Waals surface area (Å²) in [6.45, 7) is 7.09. The molecule has 0 aromatic rings. The van der Waals surface area contributed by atoms with Crippen molar-refractivity contribution in [3.05, 3.63) is 0 Å². The fourth-order valence-corrected chi connectivity index (χ4v) is 2.26. The zero-order valence-corrected chi connectivity index (χ0v) is 11.0. The van der Waals surface area contributed by atoms with Crippen molar-refractivity contribution in [3.8, 4) is 0 Å². The van der Waals surface area contributed by atoms with E-state index in [1.807, 2.05) is 18.9 Å². The Kier molecular flexibility index (Phi) is 6.47. The van der Waals surface area contributed by atoms with E-state index in [4.69, 9.17) is 5.11 Å². The Bertz CT molecular complexity index is 236. The van der Waals surface area contributed by atoms with Gasteiger partial charge in [0.2, 0.25) is 5.91 Å². The van der Waals surface area contributed by atoms with Gasteiger partial charge in [-0.2, -0.15) is 0 Å². The van der Waals surface area contributed by atoms with Gasteiger partial charge in [-0.1, -0.05) is 6.92 Å². The highest BCUT2D eigenvalue weighted by Gasteiger charge is 2.22. The number of hydrogen-bond donors (Lipinski definition) is 2. The lowest BCUT2D eigenvalue weighted by Crippen LogP contribution is -2.41. The van der Waals surface area contributed by atoms with Crippen LogP contribution >= 0.6 is 0 Å². The van der Waals surface area contributed by atoms with Gasteiger partial charge in [0.15, 0.2) is 0 Å². The number of carbonyl (C=O) groups excluding carboxylic acids is 1. The Morgan fingerprint density at radius 3 is 2.76 bits per heavy atom. The molecule has 1 atom stereocenters. The van der Waals surface area contributed by atoms with E-state index in [9.17, 15) is 4.79 Å². The smallest absolute Gasteiger partial charge is 0.226 e. The van der Waals surface area contributed by atoms with E-state index in [0.717, 1.165) is 39.1 Å². The van der Waals surface area contributed by atoms with Crippen LogP contribution in [0.2, 0.25) is 0 Å². The summed E-state index contributed by atoms with van der Waals surface area (Å²) < 4.78 is 0. The zero-order valence-electron chi connectivity index (χ0n) is 11.0. The van der Waals surface area contributed by atoms with E-state index in [1.54, 1.807) is 0 Å². The molecule has 1 heterocycles. The monoisotopic (exact) mass is 243 g/mol. The van der Waals surface area contributed by atoms with Crippen molar-refractivity contribution in [1.29, 1.82) is 0 Å². The molecule has 0 aromatic carbocycles. The molecule has 1 aliphatic rings. The number of hydrogen-bond acceptors (Lipinski definition) is 4. The summed E-state index contributed by atoms with van der Waals surface area (Å²) >= 11 is 0. The predicted octanol–water partition coefficient (Wildman–Crippen LogP) is -0.631. The van der Waals surface area contributed by atoms with E-state index < -0.39 is 0 Å². The Labute approximate surface area is 104 Å². The molecule has 0 aliphatic carbocycles. The van der Waals surface area contributed by atoms with E-state index in [0.29, 0.717) is 6.54 Å². The summed E-state index contributed by atoms with van der Waals surface area (Å²) in [5.41, 5.74) is 0. The van der Waals surface area contributed by atoms with Gasteiger partial charge < -0.3 is 15.3 Å². The van der Waals surface area contributed by atoms with Crippen molar-refractivity contribution in [2.75, 3.05) is 52.9 Å². The fourth-order valence-electron chi connectivity index (χ4n) is 2.26. The molecule has 2 N–H and O–H groups in total. The van der Waals surface area contributed by atoms with Gasteiger partial charge in [-0.05, 0) is 20.0 Å². The maximum absolute atomic E-state index is 12.1. The Hall–Kier alpha value is -0.650. The van der Waals surface area contributed by atoms with Gasteiger partial charge in [-0.15, -0.1) is 0 Å². The molecule has 0 saturated carbocycles. The molecule has 17 heavy (non-hydrogen) atoms. The lowest BCUT2D eigenvalue weighted by molar-refractivity contribution is -0.134. The number of nitrogens with zero attached hydrogens (tertiary/aromatic N) is 2. The number of β-amino-alcohol motifs (C(OH)–C–C–N with tert-alkyl or cyclic N) is 1. The van der Waals surface area contributed by atoms with Crippen LogP contribution in [0.3, 0.4) is 0 Å². The van der Waals surface area contributed by atoms with Gasteiger partial charge in [-0.25, -0.2) is 0 Å². The summed E-state index contributed by atoms with van der Waals surface area (Å²) in [5, 5.41) is 12.0. The van der Waals surface area contributed by atoms with Gasteiger partial charge in [0.05, 0.1) is 6.61 Å². The molecule has 1 aliphatic heterocycles. The predicted molar refractivity (Wildman–Crippen MR) is 67.8 cm³/mol. The van der Waals surface area contributed by atoms with Crippen LogP contribution in [0.25, 0.3) is 0 Å². The maximum atomic E-state index is 12.1. The topological polar surface area (TPSA) is 55.8 Å². The number of rotatable bonds is 5. The SMILES string of the molecule is CNCC(C)C(=O)N1CCCN(CCO)CC1. The third-order valence-corrected chi connectivity index (χ3v) is 3.25. The highest BCUT2D eigenvalue weighted by atomic mass is 16.3. The molecule has 0 radical (unpaired) electrons. The first-order valence-electron chi connectivity index (χ1n) is 6.45. The number of carbonyl (C=O) groups is 1. The van der Waals surface area contributed by atoms with Gasteiger partial charge in [0.25, 0.3) is 0 Å². The molecule has 100 valence electrons. The molecule has 5 heteroatoms. The largest absolute Gasteiger partial charge is 0.395 e. The third kappa shape index (κ3) is 4.61.